The number of carbonyl (C=O) groups excluding carboxylic acids is 1. The van der Waals surface area contributed by atoms with Crippen molar-refractivity contribution >= 4 is 44.3 Å². The van der Waals surface area contributed by atoms with Crippen LogP contribution in [-0.4, -0.2) is 14.3 Å². The fourth-order valence-corrected chi connectivity index (χ4v) is 5.60. The Bertz CT molecular complexity index is 995. The van der Waals surface area contributed by atoms with Gasteiger partial charge < -0.3 is 5.32 Å². The van der Waals surface area contributed by atoms with Gasteiger partial charge in [0.05, 0.1) is 6.04 Å². The first kappa shape index (κ1) is 19.6. The first-order valence-corrected chi connectivity index (χ1v) is 11.6. The third-order valence-corrected chi connectivity index (χ3v) is 7.67. The van der Waals surface area contributed by atoms with Gasteiger partial charge in [-0.2, -0.15) is 0 Å². The van der Waals surface area contributed by atoms with E-state index in [1.54, 1.807) is 47.0 Å². The van der Waals surface area contributed by atoms with Crippen molar-refractivity contribution in [2.75, 3.05) is 4.72 Å². The van der Waals surface area contributed by atoms with E-state index in [9.17, 15) is 13.2 Å². The molecule has 1 aromatic carbocycles. The predicted molar refractivity (Wildman–Crippen MR) is 111 cm³/mol. The summed E-state index contributed by atoms with van der Waals surface area (Å²) < 4.78 is 27.5. The Hall–Kier alpha value is -2.16. The molecule has 0 spiro atoms. The van der Waals surface area contributed by atoms with Gasteiger partial charge in [0.1, 0.15) is 4.21 Å². The lowest BCUT2D eigenvalue weighted by Crippen LogP contribution is -2.31. The molecule has 0 saturated heterocycles. The molecule has 2 aromatic heterocycles. The van der Waals surface area contributed by atoms with Crippen molar-refractivity contribution in [3.8, 4) is 0 Å². The van der Waals surface area contributed by atoms with E-state index in [0.717, 1.165) is 16.2 Å². The maximum absolute atomic E-state index is 12.7. The molecule has 1 unspecified atom stereocenters. The van der Waals surface area contributed by atoms with Crippen LogP contribution in [0.25, 0.3) is 0 Å². The van der Waals surface area contributed by atoms with Crippen molar-refractivity contribution in [1.29, 1.82) is 0 Å². The number of benzene rings is 1. The quantitative estimate of drug-likeness (QED) is 0.580. The average molecular weight is 421 g/mol. The molecule has 2 N–H and O–H groups in total. The summed E-state index contributed by atoms with van der Waals surface area (Å²) in [7, 11) is -3.65. The molecule has 0 fully saturated rings. The Morgan fingerprint density at radius 1 is 1.00 bits per heavy atom. The lowest BCUT2D eigenvalue weighted by Gasteiger charge is -2.21. The molecule has 3 aromatic rings. The lowest BCUT2D eigenvalue weighted by molar-refractivity contribution is 0.0926. The second-order valence-corrected chi connectivity index (χ2v) is 10.2. The molecule has 8 heteroatoms. The van der Waals surface area contributed by atoms with Crippen molar-refractivity contribution in [3.05, 3.63) is 69.7 Å². The van der Waals surface area contributed by atoms with Crippen molar-refractivity contribution in [2.45, 2.75) is 24.1 Å². The van der Waals surface area contributed by atoms with Gasteiger partial charge in [0, 0.05) is 16.1 Å². The topological polar surface area (TPSA) is 75.3 Å². The molecule has 3 rings (SSSR count). The molecule has 1 amide bonds. The normalized spacial score (nSPS) is 12.7. The Morgan fingerprint density at radius 2 is 1.74 bits per heavy atom. The van der Waals surface area contributed by atoms with Gasteiger partial charge in [0.15, 0.2) is 0 Å². The summed E-state index contributed by atoms with van der Waals surface area (Å²) in [5.41, 5.74) is 0.761. The van der Waals surface area contributed by atoms with Gasteiger partial charge in [-0.3, -0.25) is 9.52 Å². The molecule has 0 bridgehead atoms. The van der Waals surface area contributed by atoms with Crippen molar-refractivity contribution < 1.29 is 13.2 Å². The largest absolute Gasteiger partial charge is 0.344 e. The second-order valence-electron chi connectivity index (χ2n) is 6.33. The average Bonchev–Trinajstić information content (AvgIpc) is 3.32. The van der Waals surface area contributed by atoms with Crippen molar-refractivity contribution in [2.24, 2.45) is 5.92 Å². The molecule has 27 heavy (non-hydrogen) atoms. The summed E-state index contributed by atoms with van der Waals surface area (Å²) in [6.07, 6.45) is 0. The first-order valence-electron chi connectivity index (χ1n) is 8.37. The van der Waals surface area contributed by atoms with Crippen LogP contribution < -0.4 is 10.0 Å². The smallest absolute Gasteiger partial charge is 0.271 e. The van der Waals surface area contributed by atoms with Gasteiger partial charge in [-0.05, 0) is 47.0 Å². The van der Waals surface area contributed by atoms with E-state index in [0.29, 0.717) is 11.3 Å². The van der Waals surface area contributed by atoms with Gasteiger partial charge in [-0.15, -0.1) is 22.7 Å². The van der Waals surface area contributed by atoms with Gasteiger partial charge in [0.25, 0.3) is 15.9 Å². The summed E-state index contributed by atoms with van der Waals surface area (Å²) in [6.45, 7) is 4.10. The van der Waals surface area contributed by atoms with Crippen LogP contribution in [0.4, 0.5) is 5.69 Å². The van der Waals surface area contributed by atoms with Crippen molar-refractivity contribution in [1.82, 2.24) is 5.32 Å². The SMILES string of the molecule is CC(C)C(NC(=O)c1cccc(NS(=O)(=O)c2cccs2)c1)c1cccs1. The van der Waals surface area contributed by atoms with E-state index in [1.165, 1.54) is 6.07 Å². The zero-order valence-electron chi connectivity index (χ0n) is 14.9. The fraction of sp³-hybridized carbons (Fsp3) is 0.211. The molecule has 0 aliphatic carbocycles. The van der Waals surface area contributed by atoms with E-state index in [1.807, 2.05) is 17.5 Å². The number of carbonyl (C=O) groups is 1. The third-order valence-electron chi connectivity index (χ3n) is 3.94. The number of rotatable bonds is 7. The molecule has 2 heterocycles. The predicted octanol–water partition coefficient (Wildman–Crippen LogP) is 4.74. The van der Waals surface area contributed by atoms with Gasteiger partial charge in [-0.25, -0.2) is 8.42 Å². The zero-order valence-corrected chi connectivity index (χ0v) is 17.3. The summed E-state index contributed by atoms with van der Waals surface area (Å²) >= 11 is 2.74. The van der Waals surface area contributed by atoms with Gasteiger partial charge in [0.2, 0.25) is 0 Å². The van der Waals surface area contributed by atoms with Gasteiger partial charge >= 0.3 is 0 Å². The molecule has 0 aliphatic rings. The molecule has 0 saturated carbocycles. The highest BCUT2D eigenvalue weighted by Gasteiger charge is 2.21. The third kappa shape index (κ3) is 4.77. The van der Waals surface area contributed by atoms with E-state index in [2.05, 4.69) is 23.9 Å². The molecule has 1 atom stereocenters. The maximum Gasteiger partial charge on any atom is 0.271 e. The summed E-state index contributed by atoms with van der Waals surface area (Å²) in [5.74, 6) is -0.00705. The van der Waals surface area contributed by atoms with Crippen LogP contribution in [0.1, 0.15) is 35.1 Å². The Labute approximate surface area is 167 Å². The van der Waals surface area contributed by atoms with E-state index < -0.39 is 10.0 Å². The monoisotopic (exact) mass is 420 g/mol. The zero-order chi connectivity index (χ0) is 19.4. The van der Waals surface area contributed by atoms with E-state index in [4.69, 9.17) is 0 Å². The van der Waals surface area contributed by atoms with Crippen LogP contribution in [0.5, 0.6) is 0 Å². The standard InChI is InChI=1S/C19H20N2O3S3/c1-13(2)18(16-8-4-10-25-16)20-19(22)14-6-3-7-15(12-14)21-27(23,24)17-9-5-11-26-17/h3-13,18,21H,1-2H3,(H,20,22). The number of nitrogens with one attached hydrogen (secondary N) is 2. The molecule has 5 nitrogen and oxygen atoms in total. The van der Waals surface area contributed by atoms with Gasteiger partial charge in [-0.1, -0.05) is 32.0 Å². The van der Waals surface area contributed by atoms with Crippen LogP contribution in [-0.2, 0) is 10.0 Å². The Morgan fingerprint density at radius 3 is 2.37 bits per heavy atom. The number of anilines is 1. The highest BCUT2D eigenvalue weighted by molar-refractivity contribution is 7.94. The minimum absolute atomic E-state index is 0.0935. The number of hydrogen-bond donors (Lipinski definition) is 2. The van der Waals surface area contributed by atoms with Crippen LogP contribution >= 0.6 is 22.7 Å². The molecule has 0 aliphatic heterocycles. The second kappa shape index (κ2) is 8.24. The lowest BCUT2D eigenvalue weighted by atomic mass is 10.0. The van der Waals surface area contributed by atoms with Crippen LogP contribution in [0.2, 0.25) is 0 Å². The molecular formula is C19H20N2O3S3. The molecular weight excluding hydrogens is 400 g/mol. The minimum Gasteiger partial charge on any atom is -0.344 e. The van der Waals surface area contributed by atoms with E-state index >= 15 is 0 Å². The Balaban J connectivity index is 1.77. The first-order chi connectivity index (χ1) is 12.9. The fourth-order valence-electron chi connectivity index (χ4n) is 2.60. The number of thiophene rings is 2. The maximum atomic E-state index is 12.7. The van der Waals surface area contributed by atoms with Crippen LogP contribution in [0.15, 0.2) is 63.5 Å². The summed E-state index contributed by atoms with van der Waals surface area (Å²) in [4.78, 5) is 13.8. The van der Waals surface area contributed by atoms with Crippen LogP contribution in [0.3, 0.4) is 0 Å². The number of sulfonamides is 1. The molecule has 142 valence electrons. The summed E-state index contributed by atoms with van der Waals surface area (Å²) in [5, 5.41) is 6.74. The molecule has 0 radical (unpaired) electrons. The number of amides is 1. The number of hydrogen-bond acceptors (Lipinski definition) is 5. The van der Waals surface area contributed by atoms with Crippen LogP contribution in [0, 0.1) is 5.92 Å². The highest BCUT2D eigenvalue weighted by atomic mass is 32.2. The van der Waals surface area contributed by atoms with Crippen molar-refractivity contribution in [3.63, 3.8) is 0 Å². The Kier molecular flexibility index (Phi) is 5.98. The highest BCUT2D eigenvalue weighted by Crippen LogP contribution is 2.26. The summed E-state index contributed by atoms with van der Waals surface area (Å²) in [6, 6.07) is 13.6. The minimum atomic E-state index is -3.65. The van der Waals surface area contributed by atoms with E-state index in [-0.39, 0.29) is 22.1 Å².